The Morgan fingerprint density at radius 3 is 2.34 bits per heavy atom. The van der Waals surface area contributed by atoms with Crippen LogP contribution in [-0.2, 0) is 14.3 Å². The summed E-state index contributed by atoms with van der Waals surface area (Å²) in [5.41, 5.74) is 1.76. The Morgan fingerprint density at radius 1 is 1.00 bits per heavy atom. The van der Waals surface area contributed by atoms with Gasteiger partial charge in [-0.2, -0.15) is 0 Å². The van der Waals surface area contributed by atoms with Gasteiger partial charge in [0, 0.05) is 29.6 Å². The van der Waals surface area contributed by atoms with E-state index in [0.29, 0.717) is 31.9 Å². The van der Waals surface area contributed by atoms with Crippen molar-refractivity contribution >= 4 is 23.2 Å². The quantitative estimate of drug-likeness (QED) is 0.604. The lowest BCUT2D eigenvalue weighted by Gasteiger charge is -2.30. The van der Waals surface area contributed by atoms with Gasteiger partial charge in [0.1, 0.15) is 5.01 Å². The molecule has 2 aromatic carbocycles. The number of thiazole rings is 1. The van der Waals surface area contributed by atoms with Gasteiger partial charge in [0.05, 0.1) is 13.2 Å². The molecule has 1 aromatic heterocycles. The van der Waals surface area contributed by atoms with Crippen LogP contribution in [0.5, 0.6) is 0 Å². The van der Waals surface area contributed by atoms with Gasteiger partial charge in [0.2, 0.25) is 6.10 Å². The zero-order valence-corrected chi connectivity index (χ0v) is 16.5. The zero-order chi connectivity index (χ0) is 20.1. The predicted molar refractivity (Wildman–Crippen MR) is 110 cm³/mol. The standard InChI is InChI=1S/C22H20N2O4S/c25-21(24-11-13-27-14-12-24)19(16-7-3-1-4-8-16)28-22(26)18-15-29-20(23-18)17-9-5-2-6-10-17/h1-10,15,19H,11-14H2/t19-/m0/s1. The molecule has 1 fully saturated rings. The zero-order valence-electron chi connectivity index (χ0n) is 15.7. The Bertz CT molecular complexity index is 969. The van der Waals surface area contributed by atoms with Crippen LogP contribution < -0.4 is 0 Å². The van der Waals surface area contributed by atoms with Gasteiger partial charge in [-0.1, -0.05) is 60.7 Å². The lowest BCUT2D eigenvalue weighted by Crippen LogP contribution is -2.44. The number of carbonyl (C=O) groups is 2. The van der Waals surface area contributed by atoms with Gasteiger partial charge in [-0.15, -0.1) is 11.3 Å². The SMILES string of the molecule is O=C(O[C@H](C(=O)N1CCOCC1)c1ccccc1)c1csc(-c2ccccc2)n1. The second-order valence-corrected chi connectivity index (χ2v) is 7.40. The van der Waals surface area contributed by atoms with Gasteiger partial charge in [-0.3, -0.25) is 4.79 Å². The number of benzene rings is 2. The average Bonchev–Trinajstić information content (AvgIpc) is 3.29. The summed E-state index contributed by atoms with van der Waals surface area (Å²) in [5.74, 6) is -0.856. The molecule has 1 aliphatic rings. The largest absolute Gasteiger partial charge is 0.443 e. The highest BCUT2D eigenvalue weighted by atomic mass is 32.1. The highest BCUT2D eigenvalue weighted by molar-refractivity contribution is 7.13. The summed E-state index contributed by atoms with van der Waals surface area (Å²) in [5, 5.41) is 2.39. The molecule has 3 aromatic rings. The number of hydrogen-bond acceptors (Lipinski definition) is 6. The molecule has 1 aliphatic heterocycles. The summed E-state index contributed by atoms with van der Waals surface area (Å²) in [6.07, 6.45) is -1.01. The Balaban J connectivity index is 1.55. The fourth-order valence-corrected chi connectivity index (χ4v) is 3.88. The summed E-state index contributed by atoms with van der Waals surface area (Å²) >= 11 is 1.37. The third-order valence-electron chi connectivity index (χ3n) is 4.61. The summed E-state index contributed by atoms with van der Waals surface area (Å²) < 4.78 is 11.0. The van der Waals surface area contributed by atoms with Crippen LogP contribution in [-0.4, -0.2) is 48.1 Å². The minimum absolute atomic E-state index is 0.199. The number of nitrogens with zero attached hydrogens (tertiary/aromatic N) is 2. The Kier molecular flexibility index (Phi) is 5.97. The van der Waals surface area contributed by atoms with Crippen LogP contribution in [0.1, 0.15) is 22.2 Å². The van der Waals surface area contributed by atoms with Crippen LogP contribution >= 0.6 is 11.3 Å². The molecule has 0 aliphatic carbocycles. The van der Waals surface area contributed by atoms with E-state index in [1.807, 2.05) is 48.5 Å². The van der Waals surface area contributed by atoms with E-state index in [1.165, 1.54) is 11.3 Å². The number of rotatable bonds is 5. The maximum atomic E-state index is 13.1. The van der Waals surface area contributed by atoms with E-state index in [2.05, 4.69) is 4.98 Å². The van der Waals surface area contributed by atoms with Crippen LogP contribution in [0.15, 0.2) is 66.0 Å². The summed E-state index contributed by atoms with van der Waals surface area (Å²) in [6.45, 7) is 1.92. The molecule has 0 spiro atoms. The molecule has 7 heteroatoms. The molecule has 4 rings (SSSR count). The molecule has 1 atom stereocenters. The maximum Gasteiger partial charge on any atom is 0.358 e. The van der Waals surface area contributed by atoms with E-state index in [0.717, 1.165) is 10.6 Å². The van der Waals surface area contributed by atoms with Crippen LogP contribution in [0.4, 0.5) is 0 Å². The lowest BCUT2D eigenvalue weighted by atomic mass is 10.1. The highest BCUT2D eigenvalue weighted by Gasteiger charge is 2.31. The molecule has 0 saturated carbocycles. The maximum absolute atomic E-state index is 13.1. The number of esters is 1. The number of amides is 1. The second kappa shape index (κ2) is 8.98. The monoisotopic (exact) mass is 408 g/mol. The van der Waals surface area contributed by atoms with E-state index in [9.17, 15) is 9.59 Å². The molecule has 2 heterocycles. The molecule has 29 heavy (non-hydrogen) atoms. The number of aromatic nitrogens is 1. The molecule has 1 amide bonds. The molecule has 1 saturated heterocycles. The lowest BCUT2D eigenvalue weighted by molar-refractivity contribution is -0.145. The fraction of sp³-hybridized carbons (Fsp3) is 0.227. The highest BCUT2D eigenvalue weighted by Crippen LogP contribution is 2.26. The average molecular weight is 408 g/mol. The van der Waals surface area contributed by atoms with Crippen LogP contribution in [0.2, 0.25) is 0 Å². The van der Waals surface area contributed by atoms with Crippen molar-refractivity contribution in [1.82, 2.24) is 9.88 Å². The molecular weight excluding hydrogens is 388 g/mol. The van der Waals surface area contributed by atoms with E-state index in [4.69, 9.17) is 9.47 Å². The smallest absolute Gasteiger partial charge is 0.358 e. The van der Waals surface area contributed by atoms with Crippen molar-refractivity contribution in [3.05, 3.63) is 77.3 Å². The van der Waals surface area contributed by atoms with Gasteiger partial charge in [0.15, 0.2) is 5.69 Å². The topological polar surface area (TPSA) is 68.7 Å². The summed E-state index contributed by atoms with van der Waals surface area (Å²) in [4.78, 5) is 31.9. The number of hydrogen-bond donors (Lipinski definition) is 0. The molecule has 0 bridgehead atoms. The van der Waals surface area contributed by atoms with Crippen molar-refractivity contribution in [1.29, 1.82) is 0 Å². The van der Waals surface area contributed by atoms with Gasteiger partial charge < -0.3 is 14.4 Å². The third-order valence-corrected chi connectivity index (χ3v) is 5.50. The first-order valence-corrected chi connectivity index (χ1v) is 10.2. The Labute approximate surface area is 172 Å². The first-order valence-electron chi connectivity index (χ1n) is 9.36. The molecule has 148 valence electrons. The van der Waals surface area contributed by atoms with Crippen molar-refractivity contribution in [2.24, 2.45) is 0 Å². The Morgan fingerprint density at radius 2 is 1.66 bits per heavy atom. The van der Waals surface area contributed by atoms with Gasteiger partial charge >= 0.3 is 5.97 Å². The van der Waals surface area contributed by atoms with Gasteiger partial charge in [-0.05, 0) is 0 Å². The third kappa shape index (κ3) is 4.52. The van der Waals surface area contributed by atoms with Crippen LogP contribution in [0, 0.1) is 0 Å². The molecule has 0 N–H and O–H groups in total. The normalized spacial score (nSPS) is 15.0. The van der Waals surface area contributed by atoms with Crippen molar-refractivity contribution in [2.45, 2.75) is 6.10 Å². The molecule has 0 radical (unpaired) electrons. The van der Waals surface area contributed by atoms with Gasteiger partial charge in [0.25, 0.3) is 5.91 Å². The number of carbonyl (C=O) groups excluding carboxylic acids is 2. The first-order chi connectivity index (χ1) is 14.2. The van der Waals surface area contributed by atoms with E-state index in [-0.39, 0.29) is 11.6 Å². The second-order valence-electron chi connectivity index (χ2n) is 6.54. The molecule has 0 unspecified atom stereocenters. The van der Waals surface area contributed by atoms with Crippen molar-refractivity contribution in [3.63, 3.8) is 0 Å². The first kappa shape index (κ1) is 19.3. The molecular formula is C22H20N2O4S. The predicted octanol–water partition coefficient (Wildman–Crippen LogP) is 3.57. The van der Waals surface area contributed by atoms with E-state index >= 15 is 0 Å². The van der Waals surface area contributed by atoms with Gasteiger partial charge in [-0.25, -0.2) is 9.78 Å². The van der Waals surface area contributed by atoms with Crippen molar-refractivity contribution in [3.8, 4) is 10.6 Å². The fourth-order valence-electron chi connectivity index (χ4n) is 3.09. The van der Waals surface area contributed by atoms with Crippen LogP contribution in [0.25, 0.3) is 10.6 Å². The summed E-state index contributed by atoms with van der Waals surface area (Å²) in [6, 6.07) is 18.7. The van der Waals surface area contributed by atoms with Crippen molar-refractivity contribution < 1.29 is 19.1 Å². The van der Waals surface area contributed by atoms with Crippen molar-refractivity contribution in [2.75, 3.05) is 26.3 Å². The minimum atomic E-state index is -1.01. The summed E-state index contributed by atoms with van der Waals surface area (Å²) in [7, 11) is 0. The van der Waals surface area contributed by atoms with E-state index < -0.39 is 12.1 Å². The number of morpholine rings is 1. The number of ether oxygens (including phenoxy) is 2. The minimum Gasteiger partial charge on any atom is -0.443 e. The van der Waals surface area contributed by atoms with E-state index in [1.54, 1.807) is 22.4 Å². The Hall–Kier alpha value is -3.03. The molecule has 6 nitrogen and oxygen atoms in total. The van der Waals surface area contributed by atoms with Crippen LogP contribution in [0.3, 0.4) is 0 Å².